The molecule has 0 fully saturated rings. The molecule has 0 atom stereocenters. The van der Waals surface area contributed by atoms with Gasteiger partial charge >= 0.3 is 17.9 Å². The molecule has 0 aliphatic carbocycles. The van der Waals surface area contributed by atoms with Gasteiger partial charge in [0.2, 0.25) is 5.89 Å². The lowest BCUT2D eigenvalue weighted by atomic mass is 10.1. The molecule has 0 spiro atoms. The SMILES string of the molecule is CS(=O)(=O)O.C[N+](C)(C)CCCC(=O)Oc1ccc(Cl)cc1Cn1nc(-c2ccc(C(F)(F)F)cc2)oc1=O. The molecule has 3 aromatic rings. The number of halogens is 4. The average molecular weight is 595 g/mol. The fourth-order valence-electron chi connectivity index (χ4n) is 3.13. The predicted octanol–water partition coefficient (Wildman–Crippen LogP) is 4.12. The zero-order valence-electron chi connectivity index (χ0n) is 21.5. The van der Waals surface area contributed by atoms with Crippen LogP contribution < -0.4 is 10.5 Å². The van der Waals surface area contributed by atoms with Gasteiger partial charge in [-0.2, -0.15) is 26.3 Å². The van der Waals surface area contributed by atoms with Crippen molar-refractivity contribution in [2.24, 2.45) is 0 Å². The second kappa shape index (κ2) is 12.8. The Balaban J connectivity index is 0.000000976. The summed E-state index contributed by atoms with van der Waals surface area (Å²) in [5.74, 6) is -1.16. The molecule has 39 heavy (non-hydrogen) atoms. The number of alkyl halides is 3. The number of nitrogens with zero attached hydrogens (tertiary/aromatic N) is 3. The summed E-state index contributed by atoms with van der Waals surface area (Å²) in [6.45, 7) is 0.675. The first-order valence-electron chi connectivity index (χ1n) is 11.3. The van der Waals surface area contributed by atoms with Gasteiger partial charge in [-0.05, 0) is 42.5 Å². The molecular formula is C24H28ClF3N3O7S+. The standard InChI is InChI=1S/C23H24ClF3N3O4.CH4O3S/c1-30(2,3)12-4-5-20(31)33-19-11-10-18(24)13-16(19)14-29-22(32)34-21(28-29)15-6-8-17(9-7-15)23(25,26)27;1-5(2,3)4/h6-11,13H,4-5,12,14H2,1-3H3;1H3,(H,2,3,4)/q+1;. The second-order valence-corrected chi connectivity index (χ2v) is 11.4. The van der Waals surface area contributed by atoms with Crippen LogP contribution >= 0.6 is 11.6 Å². The van der Waals surface area contributed by atoms with E-state index in [1.54, 1.807) is 6.07 Å². The molecule has 0 saturated carbocycles. The average Bonchev–Trinajstić information content (AvgIpc) is 3.13. The Morgan fingerprint density at radius 3 is 2.28 bits per heavy atom. The van der Waals surface area contributed by atoms with Crippen molar-refractivity contribution in [2.45, 2.75) is 25.6 Å². The molecule has 0 saturated heterocycles. The van der Waals surface area contributed by atoms with E-state index in [-0.39, 0.29) is 30.2 Å². The molecule has 10 nitrogen and oxygen atoms in total. The fourth-order valence-corrected chi connectivity index (χ4v) is 3.32. The maximum atomic E-state index is 12.8. The van der Waals surface area contributed by atoms with Gasteiger partial charge in [0.15, 0.2) is 0 Å². The molecule has 0 amide bonds. The van der Waals surface area contributed by atoms with Crippen molar-refractivity contribution in [2.75, 3.05) is 33.9 Å². The molecular weight excluding hydrogens is 567 g/mol. The molecule has 3 rings (SSSR count). The highest BCUT2D eigenvalue weighted by Gasteiger charge is 2.30. The topological polar surface area (TPSA) is 129 Å². The van der Waals surface area contributed by atoms with Crippen molar-refractivity contribution in [3.8, 4) is 17.2 Å². The van der Waals surface area contributed by atoms with E-state index in [4.69, 9.17) is 25.3 Å². The first-order valence-corrected chi connectivity index (χ1v) is 13.5. The number of hydrogen-bond acceptors (Lipinski definition) is 7. The largest absolute Gasteiger partial charge is 0.437 e. The smallest absolute Gasteiger partial charge is 0.426 e. The summed E-state index contributed by atoms with van der Waals surface area (Å²) in [7, 11) is 2.41. The van der Waals surface area contributed by atoms with Crippen LogP contribution in [0.3, 0.4) is 0 Å². The molecule has 1 aromatic heterocycles. The molecule has 1 N–H and O–H groups in total. The van der Waals surface area contributed by atoms with Crippen LogP contribution in [-0.4, -0.2) is 67.1 Å². The number of aromatic nitrogens is 2. The van der Waals surface area contributed by atoms with Crippen LogP contribution in [0.4, 0.5) is 13.2 Å². The normalized spacial score (nSPS) is 12.0. The maximum absolute atomic E-state index is 12.8. The molecule has 0 radical (unpaired) electrons. The monoisotopic (exact) mass is 594 g/mol. The Bertz CT molecular complexity index is 1440. The summed E-state index contributed by atoms with van der Waals surface area (Å²) in [4.78, 5) is 24.6. The second-order valence-electron chi connectivity index (χ2n) is 9.48. The van der Waals surface area contributed by atoms with Gasteiger partial charge in [0, 0.05) is 22.6 Å². The molecule has 214 valence electrons. The van der Waals surface area contributed by atoms with Gasteiger partial charge in [-0.3, -0.25) is 9.35 Å². The highest BCUT2D eigenvalue weighted by atomic mass is 35.5. The summed E-state index contributed by atoms with van der Waals surface area (Å²) >= 11 is 6.08. The summed E-state index contributed by atoms with van der Waals surface area (Å²) < 4.78 is 76.5. The summed E-state index contributed by atoms with van der Waals surface area (Å²) in [6.07, 6.45) is -2.90. The van der Waals surface area contributed by atoms with E-state index in [0.29, 0.717) is 23.3 Å². The molecule has 0 aliphatic rings. The van der Waals surface area contributed by atoms with Gasteiger partial charge in [0.25, 0.3) is 10.1 Å². The van der Waals surface area contributed by atoms with E-state index < -0.39 is 33.6 Å². The lowest BCUT2D eigenvalue weighted by Gasteiger charge is -2.23. The lowest BCUT2D eigenvalue weighted by Crippen LogP contribution is -2.35. The Morgan fingerprint density at radius 1 is 1.15 bits per heavy atom. The number of carbonyl (C=O) groups excluding carboxylic acids is 1. The minimum Gasteiger partial charge on any atom is -0.426 e. The molecule has 0 aliphatic heterocycles. The van der Waals surface area contributed by atoms with Crippen LogP contribution in [-0.2, 0) is 27.6 Å². The zero-order valence-corrected chi connectivity index (χ0v) is 23.1. The highest BCUT2D eigenvalue weighted by molar-refractivity contribution is 7.85. The Hall–Kier alpha value is -3.20. The van der Waals surface area contributed by atoms with Gasteiger partial charge in [-0.15, -0.1) is 5.10 Å². The summed E-state index contributed by atoms with van der Waals surface area (Å²) in [5.41, 5.74) is -0.203. The van der Waals surface area contributed by atoms with E-state index in [9.17, 15) is 31.2 Å². The summed E-state index contributed by atoms with van der Waals surface area (Å²) in [6, 6.07) is 8.71. The van der Waals surface area contributed by atoms with Gasteiger partial charge in [0.05, 0.1) is 52.5 Å². The number of rotatable bonds is 8. The van der Waals surface area contributed by atoms with Gasteiger partial charge in [-0.1, -0.05) is 11.6 Å². The Kier molecular flexibility index (Phi) is 10.5. The Labute approximate surface area is 227 Å². The third-order valence-corrected chi connectivity index (χ3v) is 5.08. The van der Waals surface area contributed by atoms with Crippen LogP contribution in [0.15, 0.2) is 51.7 Å². The number of ether oxygens (including phenoxy) is 1. The molecule has 0 bridgehead atoms. The zero-order chi connectivity index (χ0) is 29.6. The van der Waals surface area contributed by atoms with Crippen LogP contribution in [0, 0.1) is 0 Å². The summed E-state index contributed by atoms with van der Waals surface area (Å²) in [5, 5.41) is 4.42. The number of esters is 1. The predicted molar refractivity (Wildman–Crippen MR) is 137 cm³/mol. The van der Waals surface area contributed by atoms with E-state index in [1.807, 2.05) is 21.1 Å². The van der Waals surface area contributed by atoms with Crippen molar-refractivity contribution in [3.05, 3.63) is 69.2 Å². The van der Waals surface area contributed by atoms with Gasteiger partial charge < -0.3 is 13.6 Å². The van der Waals surface area contributed by atoms with E-state index in [1.165, 1.54) is 24.3 Å². The minimum absolute atomic E-state index is 0.120. The van der Waals surface area contributed by atoms with Crippen molar-refractivity contribution in [1.82, 2.24) is 9.78 Å². The van der Waals surface area contributed by atoms with E-state index in [2.05, 4.69) is 5.10 Å². The molecule has 1 heterocycles. The molecule has 0 unspecified atom stereocenters. The Morgan fingerprint density at radius 2 is 1.74 bits per heavy atom. The van der Waals surface area contributed by atoms with Crippen LogP contribution in [0.5, 0.6) is 5.75 Å². The number of benzene rings is 2. The minimum atomic E-state index is -4.48. The molecule has 15 heteroatoms. The van der Waals surface area contributed by atoms with E-state index >= 15 is 0 Å². The quantitative estimate of drug-likeness (QED) is 0.178. The van der Waals surface area contributed by atoms with Crippen LogP contribution in [0.1, 0.15) is 24.0 Å². The van der Waals surface area contributed by atoms with Gasteiger partial charge in [0.1, 0.15) is 5.75 Å². The maximum Gasteiger partial charge on any atom is 0.437 e. The van der Waals surface area contributed by atoms with E-state index in [0.717, 1.165) is 27.8 Å². The number of quaternary nitrogens is 1. The first kappa shape index (κ1) is 32.0. The van der Waals surface area contributed by atoms with Gasteiger partial charge in [-0.25, -0.2) is 4.79 Å². The van der Waals surface area contributed by atoms with Crippen molar-refractivity contribution in [3.63, 3.8) is 0 Å². The number of hydrogen-bond donors (Lipinski definition) is 1. The molecule has 2 aromatic carbocycles. The van der Waals surface area contributed by atoms with Crippen molar-refractivity contribution < 1.29 is 44.6 Å². The number of carbonyl (C=O) groups is 1. The van der Waals surface area contributed by atoms with Crippen molar-refractivity contribution in [1.29, 1.82) is 0 Å². The first-order chi connectivity index (χ1) is 17.8. The van der Waals surface area contributed by atoms with Crippen molar-refractivity contribution >= 4 is 27.7 Å². The fraction of sp³-hybridized carbons (Fsp3) is 0.375. The van der Waals surface area contributed by atoms with Crippen LogP contribution in [0.2, 0.25) is 5.02 Å². The van der Waals surface area contributed by atoms with Crippen LogP contribution in [0.25, 0.3) is 11.5 Å². The lowest BCUT2D eigenvalue weighted by molar-refractivity contribution is -0.870. The highest BCUT2D eigenvalue weighted by Crippen LogP contribution is 2.30. The third-order valence-electron chi connectivity index (χ3n) is 4.84. The third kappa shape index (κ3) is 11.6.